The van der Waals surface area contributed by atoms with Crippen molar-refractivity contribution in [3.05, 3.63) is 65.8 Å². The molecule has 2 heterocycles. The van der Waals surface area contributed by atoms with Crippen molar-refractivity contribution in [1.82, 2.24) is 20.4 Å². The van der Waals surface area contributed by atoms with E-state index in [2.05, 4.69) is 15.5 Å². The molecule has 1 saturated heterocycles. The Kier molecular flexibility index (Phi) is 8.62. The van der Waals surface area contributed by atoms with Gasteiger partial charge in [0.25, 0.3) is 0 Å². The zero-order valence-electron chi connectivity index (χ0n) is 18.2. The number of carbonyl (C=O) groups is 1. The number of aromatic nitrogens is 2. The number of amides is 1. The van der Waals surface area contributed by atoms with Crippen LogP contribution in [0.3, 0.4) is 0 Å². The molecule has 8 nitrogen and oxygen atoms in total. The van der Waals surface area contributed by atoms with E-state index in [0.717, 1.165) is 5.56 Å². The van der Waals surface area contributed by atoms with Crippen molar-refractivity contribution in [2.75, 3.05) is 26.2 Å². The number of benzene rings is 2. The number of piperazine rings is 1. The summed E-state index contributed by atoms with van der Waals surface area (Å²) in [7, 11) is 0. The van der Waals surface area contributed by atoms with Crippen molar-refractivity contribution in [3.8, 4) is 17.2 Å². The van der Waals surface area contributed by atoms with Gasteiger partial charge in [0.15, 0.2) is 11.6 Å². The van der Waals surface area contributed by atoms with Gasteiger partial charge in [0.1, 0.15) is 6.61 Å². The van der Waals surface area contributed by atoms with Crippen LogP contribution in [0.15, 0.2) is 52.9 Å². The molecule has 2 aromatic carbocycles. The summed E-state index contributed by atoms with van der Waals surface area (Å²) in [5.41, 5.74) is 1.44. The molecule has 4 rings (SSSR count). The summed E-state index contributed by atoms with van der Waals surface area (Å²) < 4.78 is 30.8. The summed E-state index contributed by atoms with van der Waals surface area (Å²) in [5, 5.41) is 11.0. The lowest BCUT2D eigenvalue weighted by molar-refractivity contribution is 0.0826. The highest BCUT2D eigenvalue weighted by Gasteiger charge is 2.24. The molecule has 3 aromatic rings. The van der Waals surface area contributed by atoms with Gasteiger partial charge in [-0.15, -0.1) is 22.6 Å². The minimum absolute atomic E-state index is 0. The Hall–Kier alpha value is -3.17. The molecule has 1 aliphatic heterocycles. The third-order valence-corrected chi connectivity index (χ3v) is 5.15. The number of ether oxygens (including phenoxy) is 2. The molecule has 1 fully saturated rings. The molecule has 1 N–H and O–H groups in total. The normalized spacial score (nSPS) is 15.6. The first-order chi connectivity index (χ1) is 15.6. The van der Waals surface area contributed by atoms with Gasteiger partial charge < -0.3 is 24.1 Å². The molecule has 0 aliphatic carbocycles. The summed E-state index contributed by atoms with van der Waals surface area (Å²) in [6.07, 6.45) is 0.283. The topological polar surface area (TPSA) is 89.7 Å². The van der Waals surface area contributed by atoms with Gasteiger partial charge in [-0.3, -0.25) is 0 Å². The highest BCUT2D eigenvalue weighted by atomic mass is 35.5. The van der Waals surface area contributed by atoms with Gasteiger partial charge in [-0.05, 0) is 30.2 Å². The van der Waals surface area contributed by atoms with Gasteiger partial charge in [0, 0.05) is 38.2 Å². The second-order valence-electron chi connectivity index (χ2n) is 7.55. The van der Waals surface area contributed by atoms with Crippen LogP contribution in [0.4, 0.5) is 9.18 Å². The number of nitrogens with zero attached hydrogens (tertiary/aromatic N) is 3. The number of carbonyl (C=O) groups excluding carboxylic acids is 1. The maximum Gasteiger partial charge on any atom is 0.410 e. The van der Waals surface area contributed by atoms with E-state index in [1.807, 2.05) is 30.3 Å². The van der Waals surface area contributed by atoms with Crippen molar-refractivity contribution in [3.63, 3.8) is 0 Å². The number of hydrogen-bond donors (Lipinski definition) is 1. The molecule has 0 radical (unpaired) electrons. The Morgan fingerprint density at radius 2 is 2.06 bits per heavy atom. The van der Waals surface area contributed by atoms with Gasteiger partial charge in [-0.1, -0.05) is 30.3 Å². The van der Waals surface area contributed by atoms with Gasteiger partial charge in [-0.25, -0.2) is 9.18 Å². The number of hydrogen-bond acceptors (Lipinski definition) is 7. The smallest absolute Gasteiger partial charge is 0.410 e. The monoisotopic (exact) mass is 476 g/mol. The maximum atomic E-state index is 14.4. The first-order valence-electron chi connectivity index (χ1n) is 10.5. The average molecular weight is 477 g/mol. The van der Waals surface area contributed by atoms with E-state index in [1.165, 1.54) is 6.07 Å². The molecule has 1 atom stereocenters. The third-order valence-electron chi connectivity index (χ3n) is 5.15. The van der Waals surface area contributed by atoms with Gasteiger partial charge in [0.2, 0.25) is 11.8 Å². The van der Waals surface area contributed by atoms with Crippen molar-refractivity contribution in [1.29, 1.82) is 0 Å². The standard InChI is InChI=1S/C23H25FN4O4.ClH/c1-16-26-27-22(32-16)18-7-8-21(20(24)13-18)30-12-9-19-14-28(11-10-25-19)23(29)31-15-17-5-3-2-4-6-17;/h2-8,13,19,25H,9-12,14-15H2,1H3;1H/t19-;/m1./s1. The summed E-state index contributed by atoms with van der Waals surface area (Å²) in [6, 6.07) is 14.1. The van der Waals surface area contributed by atoms with E-state index in [0.29, 0.717) is 44.1 Å². The predicted octanol–water partition coefficient (Wildman–Crippen LogP) is 3.99. The van der Waals surface area contributed by atoms with Crippen molar-refractivity contribution in [2.24, 2.45) is 0 Å². The van der Waals surface area contributed by atoms with Gasteiger partial charge in [-0.2, -0.15) is 0 Å². The van der Waals surface area contributed by atoms with Crippen molar-refractivity contribution < 1.29 is 23.1 Å². The van der Waals surface area contributed by atoms with Gasteiger partial charge >= 0.3 is 6.09 Å². The van der Waals surface area contributed by atoms with Crippen LogP contribution < -0.4 is 10.1 Å². The molecule has 0 bridgehead atoms. The fourth-order valence-corrected chi connectivity index (χ4v) is 3.47. The summed E-state index contributed by atoms with van der Waals surface area (Å²) in [6.45, 7) is 3.98. The highest BCUT2D eigenvalue weighted by Crippen LogP contribution is 2.25. The van der Waals surface area contributed by atoms with E-state index in [9.17, 15) is 9.18 Å². The molecule has 1 aliphatic rings. The van der Waals surface area contributed by atoms with Gasteiger partial charge in [0.05, 0.1) is 6.61 Å². The molecular weight excluding hydrogens is 451 g/mol. The average Bonchev–Trinajstić information content (AvgIpc) is 3.25. The molecule has 10 heteroatoms. The minimum atomic E-state index is -0.499. The Bertz CT molecular complexity index is 1050. The second-order valence-corrected chi connectivity index (χ2v) is 7.55. The lowest BCUT2D eigenvalue weighted by Crippen LogP contribution is -2.53. The number of rotatable bonds is 7. The van der Waals surface area contributed by atoms with E-state index >= 15 is 0 Å². The van der Waals surface area contributed by atoms with Crippen molar-refractivity contribution >= 4 is 18.5 Å². The van der Waals surface area contributed by atoms with E-state index < -0.39 is 5.82 Å². The van der Waals surface area contributed by atoms with E-state index in [1.54, 1.807) is 24.0 Å². The number of nitrogens with one attached hydrogen (secondary N) is 1. The maximum absolute atomic E-state index is 14.4. The Labute approximate surface area is 197 Å². The molecule has 1 aromatic heterocycles. The predicted molar refractivity (Wildman–Crippen MR) is 122 cm³/mol. The number of aryl methyl sites for hydroxylation is 1. The minimum Gasteiger partial charge on any atom is -0.490 e. The zero-order chi connectivity index (χ0) is 22.3. The van der Waals surface area contributed by atoms with Crippen LogP contribution in [-0.4, -0.2) is 53.5 Å². The molecule has 176 valence electrons. The Balaban J connectivity index is 0.00000306. The SMILES string of the molecule is Cc1nnc(-c2ccc(OCC[C@@H]3CN(C(=O)OCc4ccccc4)CCN3)c(F)c2)o1.Cl. The quantitative estimate of drug-likeness (QED) is 0.551. The zero-order valence-corrected chi connectivity index (χ0v) is 19.0. The van der Waals surface area contributed by atoms with Crippen LogP contribution in [-0.2, 0) is 11.3 Å². The third kappa shape index (κ3) is 6.66. The Morgan fingerprint density at radius 3 is 2.79 bits per heavy atom. The summed E-state index contributed by atoms with van der Waals surface area (Å²) in [4.78, 5) is 14.1. The number of halogens is 2. The molecule has 0 unspecified atom stereocenters. The van der Waals surface area contributed by atoms with E-state index in [-0.39, 0.29) is 42.8 Å². The first kappa shape index (κ1) is 24.5. The summed E-state index contributed by atoms with van der Waals surface area (Å²) >= 11 is 0. The molecule has 0 saturated carbocycles. The fourth-order valence-electron chi connectivity index (χ4n) is 3.47. The van der Waals surface area contributed by atoms with Crippen LogP contribution >= 0.6 is 12.4 Å². The second kappa shape index (κ2) is 11.6. The van der Waals surface area contributed by atoms with Crippen LogP contribution in [0.1, 0.15) is 17.9 Å². The molecule has 1 amide bonds. The largest absolute Gasteiger partial charge is 0.490 e. The summed E-state index contributed by atoms with van der Waals surface area (Å²) in [5.74, 6) is 0.332. The highest BCUT2D eigenvalue weighted by molar-refractivity contribution is 5.85. The molecule has 0 spiro atoms. The molecule has 33 heavy (non-hydrogen) atoms. The lowest BCUT2D eigenvalue weighted by Gasteiger charge is -2.33. The first-order valence-corrected chi connectivity index (χ1v) is 10.5. The van der Waals surface area contributed by atoms with Crippen LogP contribution in [0.25, 0.3) is 11.5 Å². The Morgan fingerprint density at radius 1 is 1.24 bits per heavy atom. The van der Waals surface area contributed by atoms with Crippen LogP contribution in [0, 0.1) is 12.7 Å². The molecular formula is C23H26ClFN4O4. The van der Waals surface area contributed by atoms with Crippen LogP contribution in [0.5, 0.6) is 5.75 Å². The lowest BCUT2D eigenvalue weighted by atomic mass is 10.1. The fraction of sp³-hybridized carbons (Fsp3) is 0.348. The van der Waals surface area contributed by atoms with Crippen LogP contribution in [0.2, 0.25) is 0 Å². The van der Waals surface area contributed by atoms with E-state index in [4.69, 9.17) is 13.9 Å². The van der Waals surface area contributed by atoms with Crippen molar-refractivity contribution in [2.45, 2.75) is 26.0 Å².